The second-order valence-corrected chi connectivity index (χ2v) is 5.80. The Morgan fingerprint density at radius 1 is 1.07 bits per heavy atom. The zero-order valence-electron chi connectivity index (χ0n) is 13.8. The molecule has 5 nitrogen and oxygen atoms in total. The number of rotatable bonds is 6. The molecule has 1 saturated heterocycles. The molecule has 1 aromatic heterocycles. The molecule has 0 radical (unpaired) electrons. The highest BCUT2D eigenvalue weighted by atomic mass is 19.2. The van der Waals surface area contributed by atoms with Crippen molar-refractivity contribution in [2.75, 3.05) is 13.2 Å². The summed E-state index contributed by atoms with van der Waals surface area (Å²) in [6.45, 7) is 0.299. The van der Waals surface area contributed by atoms with Crippen molar-refractivity contribution >= 4 is 5.91 Å². The van der Waals surface area contributed by atoms with Gasteiger partial charge >= 0.3 is 0 Å². The largest absolute Gasteiger partial charge is 0.479 e. The van der Waals surface area contributed by atoms with Crippen LogP contribution in [0.1, 0.15) is 29.2 Å². The van der Waals surface area contributed by atoms with Gasteiger partial charge in [0.15, 0.2) is 11.5 Å². The van der Waals surface area contributed by atoms with Crippen LogP contribution in [0.25, 0.3) is 0 Å². The monoisotopic (exact) mass is 391 g/mol. The lowest BCUT2D eigenvalue weighted by atomic mass is 10.2. The van der Waals surface area contributed by atoms with Crippen molar-refractivity contribution < 1.29 is 40.6 Å². The van der Waals surface area contributed by atoms with Crippen molar-refractivity contribution in [1.29, 1.82) is 0 Å². The van der Waals surface area contributed by atoms with Gasteiger partial charge < -0.3 is 19.2 Å². The molecule has 0 aliphatic carbocycles. The number of amides is 1. The Morgan fingerprint density at radius 3 is 2.37 bits per heavy atom. The maximum Gasteiger partial charge on any atom is 0.287 e. The van der Waals surface area contributed by atoms with Gasteiger partial charge in [-0.15, -0.1) is 0 Å². The van der Waals surface area contributed by atoms with Gasteiger partial charge in [0.25, 0.3) is 5.91 Å². The maximum atomic E-state index is 13.5. The standard InChI is InChI=1S/C17H14F5NO4/c18-11-12(19)14(21)16(15(22)13(11)20)26-7-9-3-4-10(27-9)17(24)23-6-8-2-1-5-25-8/h3-4,8H,1-2,5-7H2,(H,23,24). The van der Waals surface area contributed by atoms with E-state index in [1.807, 2.05) is 0 Å². The molecule has 1 aromatic carbocycles. The van der Waals surface area contributed by atoms with Gasteiger partial charge in [0.05, 0.1) is 6.10 Å². The summed E-state index contributed by atoms with van der Waals surface area (Å²) in [7, 11) is 0. The molecule has 0 saturated carbocycles. The van der Waals surface area contributed by atoms with Crippen LogP contribution in [-0.4, -0.2) is 25.2 Å². The number of hydrogen-bond donors (Lipinski definition) is 1. The minimum absolute atomic E-state index is 0.0405. The molecule has 1 fully saturated rings. The van der Waals surface area contributed by atoms with E-state index < -0.39 is 47.3 Å². The molecule has 10 heteroatoms. The highest BCUT2D eigenvalue weighted by molar-refractivity contribution is 5.91. The molecule has 1 N–H and O–H groups in total. The predicted molar refractivity (Wildman–Crippen MR) is 80.6 cm³/mol. The first-order valence-electron chi connectivity index (χ1n) is 8.01. The second-order valence-electron chi connectivity index (χ2n) is 5.80. The number of nitrogens with one attached hydrogen (secondary N) is 1. The average molecular weight is 391 g/mol. The smallest absolute Gasteiger partial charge is 0.287 e. The number of hydrogen-bond acceptors (Lipinski definition) is 4. The van der Waals surface area contributed by atoms with E-state index in [0.717, 1.165) is 12.8 Å². The Hall–Kier alpha value is -2.62. The normalized spacial score (nSPS) is 16.6. The summed E-state index contributed by atoms with van der Waals surface area (Å²) in [6, 6.07) is 2.58. The highest BCUT2D eigenvalue weighted by Crippen LogP contribution is 2.29. The first kappa shape index (κ1) is 19.2. The summed E-state index contributed by atoms with van der Waals surface area (Å²) < 4.78 is 81.5. The van der Waals surface area contributed by atoms with Crippen molar-refractivity contribution in [2.24, 2.45) is 0 Å². The van der Waals surface area contributed by atoms with Gasteiger partial charge in [-0.25, -0.2) is 13.2 Å². The van der Waals surface area contributed by atoms with Crippen LogP contribution in [0.15, 0.2) is 16.5 Å². The van der Waals surface area contributed by atoms with Gasteiger partial charge in [0, 0.05) is 13.2 Å². The summed E-state index contributed by atoms with van der Waals surface area (Å²) in [5.41, 5.74) is 0. The van der Waals surface area contributed by atoms with E-state index in [1.165, 1.54) is 12.1 Å². The summed E-state index contributed by atoms with van der Waals surface area (Å²) in [6.07, 6.45) is 1.68. The number of carbonyl (C=O) groups excluding carboxylic acids is 1. The van der Waals surface area contributed by atoms with E-state index in [0.29, 0.717) is 13.2 Å². The van der Waals surface area contributed by atoms with E-state index in [-0.39, 0.29) is 17.6 Å². The molecule has 3 rings (SSSR count). The van der Waals surface area contributed by atoms with Gasteiger partial charge in [-0.2, -0.15) is 8.78 Å². The van der Waals surface area contributed by atoms with E-state index >= 15 is 0 Å². The SMILES string of the molecule is O=C(NCC1CCCO1)c1ccc(COc2c(F)c(F)c(F)c(F)c2F)o1. The highest BCUT2D eigenvalue weighted by Gasteiger charge is 2.27. The maximum absolute atomic E-state index is 13.5. The molecular formula is C17H14F5NO4. The molecule has 1 atom stereocenters. The zero-order valence-corrected chi connectivity index (χ0v) is 13.8. The van der Waals surface area contributed by atoms with Crippen molar-refractivity contribution in [3.05, 3.63) is 52.7 Å². The first-order valence-corrected chi connectivity index (χ1v) is 8.01. The summed E-state index contributed by atoms with van der Waals surface area (Å²) >= 11 is 0. The van der Waals surface area contributed by atoms with Gasteiger partial charge in [-0.1, -0.05) is 0 Å². The van der Waals surface area contributed by atoms with Crippen LogP contribution in [0.5, 0.6) is 5.75 Å². The zero-order chi connectivity index (χ0) is 19.6. The fraction of sp³-hybridized carbons (Fsp3) is 0.353. The van der Waals surface area contributed by atoms with Gasteiger partial charge in [0.1, 0.15) is 12.4 Å². The molecule has 1 aliphatic rings. The fourth-order valence-electron chi connectivity index (χ4n) is 2.53. The van der Waals surface area contributed by atoms with Gasteiger partial charge in [-0.3, -0.25) is 4.79 Å². The molecule has 27 heavy (non-hydrogen) atoms. The van der Waals surface area contributed by atoms with Crippen molar-refractivity contribution in [3.63, 3.8) is 0 Å². The van der Waals surface area contributed by atoms with E-state index in [4.69, 9.17) is 9.15 Å². The Kier molecular flexibility index (Phi) is 5.64. The lowest BCUT2D eigenvalue weighted by Crippen LogP contribution is -2.31. The van der Waals surface area contributed by atoms with Gasteiger partial charge in [0.2, 0.25) is 29.1 Å². The number of ether oxygens (including phenoxy) is 2. The van der Waals surface area contributed by atoms with Crippen LogP contribution in [-0.2, 0) is 11.3 Å². The topological polar surface area (TPSA) is 60.7 Å². The van der Waals surface area contributed by atoms with Crippen LogP contribution >= 0.6 is 0 Å². The summed E-state index contributed by atoms with van der Waals surface area (Å²) in [5, 5.41) is 2.61. The quantitative estimate of drug-likeness (QED) is 0.466. The van der Waals surface area contributed by atoms with Crippen LogP contribution in [0, 0.1) is 29.1 Å². The molecule has 1 unspecified atom stereocenters. The number of benzene rings is 1. The number of carbonyl (C=O) groups is 1. The third kappa shape index (κ3) is 4.05. The lowest BCUT2D eigenvalue weighted by molar-refractivity contribution is 0.0831. The minimum atomic E-state index is -2.28. The molecule has 2 aromatic rings. The Labute approximate surface area is 150 Å². The van der Waals surface area contributed by atoms with Crippen LogP contribution in [0.4, 0.5) is 22.0 Å². The van der Waals surface area contributed by atoms with E-state index in [9.17, 15) is 26.7 Å². The van der Waals surface area contributed by atoms with E-state index in [2.05, 4.69) is 10.1 Å². The average Bonchev–Trinajstić information content (AvgIpc) is 3.34. The van der Waals surface area contributed by atoms with Gasteiger partial charge in [-0.05, 0) is 25.0 Å². The minimum Gasteiger partial charge on any atom is -0.479 e. The van der Waals surface area contributed by atoms with Crippen molar-refractivity contribution in [2.45, 2.75) is 25.6 Å². The molecule has 146 valence electrons. The third-order valence-electron chi connectivity index (χ3n) is 3.93. The lowest BCUT2D eigenvalue weighted by Gasteiger charge is -2.10. The number of furan rings is 1. The van der Waals surface area contributed by atoms with Crippen LogP contribution in [0.2, 0.25) is 0 Å². The molecular weight excluding hydrogens is 377 g/mol. The second kappa shape index (κ2) is 7.95. The summed E-state index contributed by atoms with van der Waals surface area (Å²) in [4.78, 5) is 12.0. The first-order chi connectivity index (χ1) is 12.9. The van der Waals surface area contributed by atoms with Crippen molar-refractivity contribution in [1.82, 2.24) is 5.32 Å². The molecule has 1 amide bonds. The molecule has 0 spiro atoms. The van der Waals surface area contributed by atoms with E-state index in [1.54, 1.807) is 0 Å². The molecule has 0 bridgehead atoms. The molecule has 2 heterocycles. The predicted octanol–water partition coefficient (Wildman–Crippen LogP) is 3.46. The third-order valence-corrected chi connectivity index (χ3v) is 3.93. The van der Waals surface area contributed by atoms with Crippen LogP contribution in [0.3, 0.4) is 0 Å². The number of halogens is 5. The molecule has 1 aliphatic heterocycles. The Balaban J connectivity index is 1.62. The van der Waals surface area contributed by atoms with Crippen molar-refractivity contribution in [3.8, 4) is 5.75 Å². The Bertz CT molecular complexity index is 819. The van der Waals surface area contributed by atoms with Crippen LogP contribution < -0.4 is 10.1 Å². The Morgan fingerprint density at radius 2 is 1.74 bits per heavy atom. The fourth-order valence-corrected chi connectivity index (χ4v) is 2.53. The summed E-state index contributed by atoms with van der Waals surface area (Å²) in [5.74, 6) is -12.8.